The van der Waals surface area contributed by atoms with Crippen molar-refractivity contribution in [3.63, 3.8) is 0 Å². The van der Waals surface area contributed by atoms with Crippen LogP contribution in [-0.2, 0) is 4.79 Å². The zero-order valence-corrected chi connectivity index (χ0v) is 13.8. The monoisotopic (exact) mass is 326 g/mol. The zero-order valence-electron chi connectivity index (χ0n) is 13.8. The molecule has 1 aromatic rings. The molecular weight excluding hydrogens is 304 g/mol. The van der Waals surface area contributed by atoms with Crippen molar-refractivity contribution in [3.05, 3.63) is 35.4 Å². The first-order valence-corrected chi connectivity index (χ1v) is 8.79. The minimum Gasteiger partial charge on any atom is -0.352 e. The summed E-state index contributed by atoms with van der Waals surface area (Å²) < 4.78 is 0. The fourth-order valence-electron chi connectivity index (χ4n) is 4.84. The Hall–Kier alpha value is -2.17. The van der Waals surface area contributed by atoms with Crippen LogP contribution in [0.5, 0.6) is 0 Å². The van der Waals surface area contributed by atoms with Gasteiger partial charge in [-0.05, 0) is 56.1 Å². The molecule has 5 heteroatoms. The van der Waals surface area contributed by atoms with Crippen LogP contribution in [0, 0.1) is 17.8 Å². The third kappa shape index (κ3) is 2.43. The number of hydrogen-bond acceptors (Lipinski definition) is 3. The molecule has 0 unspecified atom stereocenters. The molecule has 1 aliphatic heterocycles. The summed E-state index contributed by atoms with van der Waals surface area (Å²) in [5.41, 5.74) is 0.771. The number of benzene rings is 1. The van der Waals surface area contributed by atoms with Crippen molar-refractivity contribution < 1.29 is 14.4 Å². The molecule has 2 bridgehead atoms. The minimum atomic E-state index is -0.377. The van der Waals surface area contributed by atoms with Crippen LogP contribution in [0.4, 0.5) is 0 Å². The molecule has 0 aromatic heterocycles. The van der Waals surface area contributed by atoms with Gasteiger partial charge in [-0.1, -0.05) is 18.6 Å². The maximum Gasteiger partial charge on any atom is 0.262 e. The lowest BCUT2D eigenvalue weighted by atomic mass is 9.84. The van der Waals surface area contributed by atoms with E-state index in [4.69, 9.17) is 0 Å². The largest absolute Gasteiger partial charge is 0.352 e. The molecule has 2 fully saturated rings. The van der Waals surface area contributed by atoms with E-state index in [1.165, 1.54) is 25.7 Å². The molecule has 1 heterocycles. The number of imide groups is 1. The van der Waals surface area contributed by atoms with Crippen LogP contribution in [0.25, 0.3) is 0 Å². The summed E-state index contributed by atoms with van der Waals surface area (Å²) in [6, 6.07) is 6.81. The molecule has 126 valence electrons. The van der Waals surface area contributed by atoms with Crippen molar-refractivity contribution in [3.8, 4) is 0 Å². The summed E-state index contributed by atoms with van der Waals surface area (Å²) in [6.45, 7) is 1.85. The first kappa shape index (κ1) is 15.4. The van der Waals surface area contributed by atoms with E-state index in [1.807, 2.05) is 6.92 Å². The summed E-state index contributed by atoms with van der Waals surface area (Å²) in [5.74, 6) is 1.09. The summed E-state index contributed by atoms with van der Waals surface area (Å²) in [7, 11) is 0. The molecule has 1 aromatic carbocycles. The van der Waals surface area contributed by atoms with Crippen molar-refractivity contribution >= 4 is 17.7 Å². The number of nitrogens with zero attached hydrogens (tertiary/aromatic N) is 1. The van der Waals surface area contributed by atoms with Gasteiger partial charge in [-0.15, -0.1) is 0 Å². The normalized spacial score (nSPS) is 29.0. The second kappa shape index (κ2) is 5.72. The summed E-state index contributed by atoms with van der Waals surface area (Å²) in [4.78, 5) is 38.0. The van der Waals surface area contributed by atoms with Crippen molar-refractivity contribution in [2.75, 3.05) is 6.54 Å². The quantitative estimate of drug-likeness (QED) is 0.863. The minimum absolute atomic E-state index is 0.1000. The number of amides is 3. The molecular formula is C19H22N2O3. The van der Waals surface area contributed by atoms with E-state index in [9.17, 15) is 14.4 Å². The predicted octanol–water partition coefficient (Wildman–Crippen LogP) is 2.22. The molecule has 3 amide bonds. The topological polar surface area (TPSA) is 66.5 Å². The van der Waals surface area contributed by atoms with Crippen LogP contribution in [-0.4, -0.2) is 35.2 Å². The average Bonchev–Trinajstić information content (AvgIpc) is 3.26. The summed E-state index contributed by atoms with van der Waals surface area (Å²) in [5, 5.41) is 3.02. The first-order valence-electron chi connectivity index (χ1n) is 8.79. The lowest BCUT2D eigenvalue weighted by Gasteiger charge is -2.29. The van der Waals surface area contributed by atoms with Gasteiger partial charge in [-0.25, -0.2) is 0 Å². The van der Waals surface area contributed by atoms with Gasteiger partial charge in [0.1, 0.15) is 6.54 Å². The van der Waals surface area contributed by atoms with Gasteiger partial charge in [0.05, 0.1) is 11.1 Å². The highest BCUT2D eigenvalue weighted by Crippen LogP contribution is 2.49. The Kier molecular flexibility index (Phi) is 3.66. The van der Waals surface area contributed by atoms with Crippen LogP contribution in [0.1, 0.15) is 53.3 Å². The lowest BCUT2D eigenvalue weighted by molar-refractivity contribution is -0.122. The van der Waals surface area contributed by atoms with Crippen molar-refractivity contribution in [2.24, 2.45) is 17.8 Å². The van der Waals surface area contributed by atoms with Gasteiger partial charge in [-0.3, -0.25) is 19.3 Å². The SMILES string of the molecule is C[C@H](NC(=O)CN1C(=O)c2ccccc2C1=O)[C@@H]1C[C@H]2CC[C@H]1C2. The standard InChI is InChI=1S/C19H22N2O3/c1-11(16-9-12-6-7-13(16)8-12)20-17(22)10-21-18(23)14-4-2-3-5-15(14)19(21)24/h2-5,11-13,16H,6-10H2,1H3,(H,20,22)/t11-,12-,13-,16-/m0/s1. The molecule has 4 atom stereocenters. The fourth-order valence-corrected chi connectivity index (χ4v) is 4.84. The molecule has 2 aliphatic carbocycles. The van der Waals surface area contributed by atoms with Gasteiger partial charge in [-0.2, -0.15) is 0 Å². The predicted molar refractivity (Wildman–Crippen MR) is 88.4 cm³/mol. The summed E-state index contributed by atoms with van der Waals surface area (Å²) in [6.07, 6.45) is 5.09. The second-order valence-electron chi connectivity index (χ2n) is 7.44. The van der Waals surface area contributed by atoms with Crippen LogP contribution >= 0.6 is 0 Å². The van der Waals surface area contributed by atoms with Gasteiger partial charge in [0.15, 0.2) is 0 Å². The van der Waals surface area contributed by atoms with E-state index >= 15 is 0 Å². The molecule has 4 rings (SSSR count). The van der Waals surface area contributed by atoms with Crippen LogP contribution in [0.15, 0.2) is 24.3 Å². The molecule has 1 N–H and O–H groups in total. The number of nitrogens with one attached hydrogen (secondary N) is 1. The highest BCUT2D eigenvalue weighted by atomic mass is 16.2. The molecule has 0 spiro atoms. The molecule has 3 aliphatic rings. The maximum atomic E-state index is 12.4. The Bertz CT molecular complexity index is 679. The van der Waals surface area contributed by atoms with Crippen LogP contribution in [0.3, 0.4) is 0 Å². The third-order valence-electron chi connectivity index (χ3n) is 6.00. The van der Waals surface area contributed by atoms with Crippen LogP contribution in [0.2, 0.25) is 0 Å². The average molecular weight is 326 g/mol. The van der Waals surface area contributed by atoms with E-state index in [0.29, 0.717) is 17.0 Å². The van der Waals surface area contributed by atoms with Crippen molar-refractivity contribution in [1.29, 1.82) is 0 Å². The summed E-state index contributed by atoms with van der Waals surface area (Å²) >= 11 is 0. The molecule has 0 radical (unpaired) electrons. The Balaban J connectivity index is 1.38. The highest BCUT2D eigenvalue weighted by molar-refractivity contribution is 6.22. The van der Waals surface area contributed by atoms with Gasteiger partial charge in [0.2, 0.25) is 5.91 Å². The highest BCUT2D eigenvalue weighted by Gasteiger charge is 2.42. The van der Waals surface area contributed by atoms with Gasteiger partial charge >= 0.3 is 0 Å². The van der Waals surface area contributed by atoms with Gasteiger partial charge < -0.3 is 5.32 Å². The molecule has 2 saturated carbocycles. The van der Waals surface area contributed by atoms with E-state index in [2.05, 4.69) is 5.32 Å². The molecule has 24 heavy (non-hydrogen) atoms. The maximum absolute atomic E-state index is 12.4. The first-order chi connectivity index (χ1) is 11.5. The molecule has 5 nitrogen and oxygen atoms in total. The number of hydrogen-bond donors (Lipinski definition) is 1. The fraction of sp³-hybridized carbons (Fsp3) is 0.526. The van der Waals surface area contributed by atoms with Gasteiger partial charge in [0.25, 0.3) is 11.8 Å². The zero-order chi connectivity index (χ0) is 16.8. The third-order valence-corrected chi connectivity index (χ3v) is 6.00. The second-order valence-corrected chi connectivity index (χ2v) is 7.44. The number of fused-ring (bicyclic) bond motifs is 3. The Labute approximate surface area is 141 Å². The number of rotatable bonds is 4. The van der Waals surface area contributed by atoms with E-state index < -0.39 is 0 Å². The van der Waals surface area contributed by atoms with Crippen LogP contribution < -0.4 is 5.32 Å². The number of carbonyl (C=O) groups is 3. The van der Waals surface area contributed by atoms with E-state index in [-0.39, 0.29) is 30.3 Å². The Morgan fingerprint density at radius 2 is 1.83 bits per heavy atom. The van der Waals surface area contributed by atoms with E-state index in [1.54, 1.807) is 24.3 Å². The van der Waals surface area contributed by atoms with Crippen molar-refractivity contribution in [2.45, 2.75) is 38.6 Å². The Morgan fingerprint density at radius 1 is 1.17 bits per heavy atom. The molecule has 0 saturated heterocycles. The lowest BCUT2D eigenvalue weighted by Crippen LogP contribution is -2.46. The Morgan fingerprint density at radius 3 is 2.38 bits per heavy atom. The van der Waals surface area contributed by atoms with Crippen molar-refractivity contribution in [1.82, 2.24) is 10.2 Å². The number of carbonyl (C=O) groups excluding carboxylic acids is 3. The smallest absolute Gasteiger partial charge is 0.262 e. The van der Waals surface area contributed by atoms with Gasteiger partial charge in [0, 0.05) is 6.04 Å². The van der Waals surface area contributed by atoms with E-state index in [0.717, 1.165) is 16.7 Å².